The lowest BCUT2D eigenvalue weighted by Crippen LogP contribution is -2.53. The molecule has 2 heterocycles. The fourth-order valence-electron chi connectivity index (χ4n) is 2.77. The average molecular weight is 233 g/mol. The summed E-state index contributed by atoms with van der Waals surface area (Å²) < 4.78 is 11.0. The molecule has 2 saturated heterocycles. The molecule has 1 aromatic carbocycles. The van der Waals surface area contributed by atoms with Gasteiger partial charge < -0.3 is 14.8 Å². The van der Waals surface area contributed by atoms with E-state index in [-0.39, 0.29) is 5.41 Å². The normalized spacial score (nSPS) is 27.4. The predicted molar refractivity (Wildman–Crippen MR) is 66.2 cm³/mol. The molecule has 17 heavy (non-hydrogen) atoms. The van der Waals surface area contributed by atoms with E-state index >= 15 is 0 Å². The Bertz CT molecular complexity index is 356. The van der Waals surface area contributed by atoms with E-state index < -0.39 is 0 Å². The van der Waals surface area contributed by atoms with Crippen LogP contribution in [-0.2, 0) is 14.9 Å². The molecule has 1 atom stereocenters. The van der Waals surface area contributed by atoms with Crippen molar-refractivity contribution in [1.29, 1.82) is 0 Å². The van der Waals surface area contributed by atoms with Crippen LogP contribution in [0.1, 0.15) is 12.0 Å². The molecule has 0 aliphatic carbocycles. The van der Waals surface area contributed by atoms with Crippen LogP contribution in [0.4, 0.5) is 0 Å². The van der Waals surface area contributed by atoms with Crippen molar-refractivity contribution in [3.8, 4) is 0 Å². The Labute approximate surface area is 102 Å². The number of rotatable bonds is 3. The van der Waals surface area contributed by atoms with Gasteiger partial charge in [0.05, 0.1) is 26.4 Å². The quantitative estimate of drug-likeness (QED) is 0.854. The lowest BCUT2D eigenvalue weighted by atomic mass is 9.74. The minimum atomic E-state index is 0.208. The summed E-state index contributed by atoms with van der Waals surface area (Å²) in [6.45, 7) is 4.32. The Hall–Kier alpha value is -0.900. The van der Waals surface area contributed by atoms with Gasteiger partial charge in [-0.05, 0) is 12.0 Å². The number of morpholine rings is 1. The zero-order chi connectivity index (χ0) is 11.6. The summed E-state index contributed by atoms with van der Waals surface area (Å²) in [5.74, 6) is 0. The highest BCUT2D eigenvalue weighted by molar-refractivity contribution is 5.28. The number of hydrogen-bond donors (Lipinski definition) is 1. The monoisotopic (exact) mass is 233 g/mol. The molecular formula is C14H19NO2. The lowest BCUT2D eigenvalue weighted by Gasteiger charge is -2.44. The van der Waals surface area contributed by atoms with Crippen LogP contribution in [0.25, 0.3) is 0 Å². The summed E-state index contributed by atoms with van der Waals surface area (Å²) in [5.41, 5.74) is 1.61. The zero-order valence-corrected chi connectivity index (χ0v) is 10.0. The molecule has 92 valence electrons. The topological polar surface area (TPSA) is 30.5 Å². The third kappa shape index (κ3) is 2.23. The van der Waals surface area contributed by atoms with Crippen LogP contribution in [0, 0.1) is 0 Å². The van der Waals surface area contributed by atoms with Crippen LogP contribution < -0.4 is 5.32 Å². The Morgan fingerprint density at radius 1 is 1.18 bits per heavy atom. The van der Waals surface area contributed by atoms with Crippen molar-refractivity contribution in [1.82, 2.24) is 5.32 Å². The van der Waals surface area contributed by atoms with Gasteiger partial charge in [0, 0.05) is 18.0 Å². The third-order valence-electron chi connectivity index (χ3n) is 3.78. The van der Waals surface area contributed by atoms with Crippen molar-refractivity contribution in [2.75, 3.05) is 33.0 Å². The Morgan fingerprint density at radius 3 is 2.59 bits per heavy atom. The summed E-state index contributed by atoms with van der Waals surface area (Å²) in [4.78, 5) is 0. The Balaban J connectivity index is 1.73. The summed E-state index contributed by atoms with van der Waals surface area (Å²) in [5, 5.41) is 3.53. The van der Waals surface area contributed by atoms with E-state index in [0.29, 0.717) is 6.04 Å². The average Bonchev–Trinajstić information content (AvgIpc) is 2.36. The van der Waals surface area contributed by atoms with Crippen molar-refractivity contribution in [2.24, 2.45) is 0 Å². The van der Waals surface area contributed by atoms with E-state index in [4.69, 9.17) is 9.47 Å². The number of benzene rings is 1. The lowest BCUT2D eigenvalue weighted by molar-refractivity contribution is -0.0753. The second-order valence-electron chi connectivity index (χ2n) is 5.07. The van der Waals surface area contributed by atoms with Crippen molar-refractivity contribution in [3.63, 3.8) is 0 Å². The predicted octanol–water partition coefficient (Wildman–Crippen LogP) is 1.33. The van der Waals surface area contributed by atoms with Gasteiger partial charge in [0.25, 0.3) is 0 Å². The number of ether oxygens (including phenoxy) is 2. The van der Waals surface area contributed by atoms with Gasteiger partial charge in [-0.1, -0.05) is 30.3 Å². The highest BCUT2D eigenvalue weighted by atomic mass is 16.5. The van der Waals surface area contributed by atoms with Gasteiger partial charge in [-0.3, -0.25) is 0 Å². The van der Waals surface area contributed by atoms with Crippen molar-refractivity contribution < 1.29 is 9.47 Å². The van der Waals surface area contributed by atoms with Crippen LogP contribution in [0.15, 0.2) is 30.3 Å². The number of hydrogen-bond acceptors (Lipinski definition) is 3. The van der Waals surface area contributed by atoms with Crippen LogP contribution in [0.3, 0.4) is 0 Å². The maximum Gasteiger partial charge on any atom is 0.0620 e. The highest BCUT2D eigenvalue weighted by Crippen LogP contribution is 2.36. The van der Waals surface area contributed by atoms with Crippen LogP contribution in [0.2, 0.25) is 0 Å². The van der Waals surface area contributed by atoms with E-state index in [1.165, 1.54) is 5.56 Å². The standard InChI is InChI=1S/C14H19NO2/c1-2-4-12(5-3-1)14(10-17-11-14)8-13-9-16-7-6-15-13/h1-5,13,15H,6-11H2. The van der Waals surface area contributed by atoms with Crippen molar-refractivity contribution in [3.05, 3.63) is 35.9 Å². The van der Waals surface area contributed by atoms with E-state index in [1.807, 2.05) is 0 Å². The Kier molecular flexibility index (Phi) is 3.14. The maximum absolute atomic E-state index is 5.53. The minimum Gasteiger partial charge on any atom is -0.379 e. The van der Waals surface area contributed by atoms with Crippen LogP contribution in [-0.4, -0.2) is 39.0 Å². The zero-order valence-electron chi connectivity index (χ0n) is 10.0. The molecule has 3 heteroatoms. The van der Waals surface area contributed by atoms with E-state index in [2.05, 4.69) is 35.6 Å². The first-order valence-corrected chi connectivity index (χ1v) is 6.33. The maximum atomic E-state index is 5.53. The van der Waals surface area contributed by atoms with Gasteiger partial charge in [0.15, 0.2) is 0 Å². The molecule has 3 rings (SSSR count). The van der Waals surface area contributed by atoms with E-state index in [9.17, 15) is 0 Å². The molecule has 0 spiro atoms. The minimum absolute atomic E-state index is 0.208. The van der Waals surface area contributed by atoms with Gasteiger partial charge in [-0.15, -0.1) is 0 Å². The molecule has 0 bridgehead atoms. The molecule has 2 aliphatic rings. The largest absolute Gasteiger partial charge is 0.379 e. The second kappa shape index (κ2) is 4.77. The molecule has 1 aromatic rings. The molecule has 1 unspecified atom stereocenters. The first-order chi connectivity index (χ1) is 8.39. The summed E-state index contributed by atoms with van der Waals surface area (Å²) in [6, 6.07) is 11.2. The van der Waals surface area contributed by atoms with Crippen LogP contribution in [0.5, 0.6) is 0 Å². The van der Waals surface area contributed by atoms with Crippen molar-refractivity contribution >= 4 is 0 Å². The number of nitrogens with one attached hydrogen (secondary N) is 1. The smallest absolute Gasteiger partial charge is 0.0620 e. The molecule has 2 aliphatic heterocycles. The fourth-order valence-corrected chi connectivity index (χ4v) is 2.77. The molecule has 3 nitrogen and oxygen atoms in total. The molecule has 0 radical (unpaired) electrons. The second-order valence-corrected chi connectivity index (χ2v) is 5.07. The molecule has 0 saturated carbocycles. The summed E-state index contributed by atoms with van der Waals surface area (Å²) >= 11 is 0. The summed E-state index contributed by atoms with van der Waals surface area (Å²) in [6.07, 6.45) is 1.11. The van der Waals surface area contributed by atoms with E-state index in [1.54, 1.807) is 0 Å². The molecule has 1 N–H and O–H groups in total. The van der Waals surface area contributed by atoms with Crippen LogP contribution >= 0.6 is 0 Å². The first-order valence-electron chi connectivity index (χ1n) is 6.33. The fraction of sp³-hybridized carbons (Fsp3) is 0.571. The third-order valence-corrected chi connectivity index (χ3v) is 3.78. The molecule has 0 amide bonds. The van der Waals surface area contributed by atoms with Gasteiger partial charge in [-0.2, -0.15) is 0 Å². The molecular weight excluding hydrogens is 214 g/mol. The van der Waals surface area contributed by atoms with Crippen molar-refractivity contribution in [2.45, 2.75) is 17.9 Å². The Morgan fingerprint density at radius 2 is 2.00 bits per heavy atom. The van der Waals surface area contributed by atoms with E-state index in [0.717, 1.165) is 39.4 Å². The molecule has 0 aromatic heterocycles. The molecule has 2 fully saturated rings. The summed E-state index contributed by atoms with van der Waals surface area (Å²) in [7, 11) is 0. The van der Waals surface area contributed by atoms with Gasteiger partial charge in [0.2, 0.25) is 0 Å². The van der Waals surface area contributed by atoms with Gasteiger partial charge >= 0.3 is 0 Å². The van der Waals surface area contributed by atoms with Gasteiger partial charge in [-0.25, -0.2) is 0 Å². The highest BCUT2D eigenvalue weighted by Gasteiger charge is 2.42. The van der Waals surface area contributed by atoms with Gasteiger partial charge in [0.1, 0.15) is 0 Å². The first kappa shape index (κ1) is 11.2. The SMILES string of the molecule is c1ccc(C2(CC3COCCN3)COC2)cc1.